The number of benzene rings is 8. The van der Waals surface area contributed by atoms with Gasteiger partial charge >= 0.3 is 0 Å². The maximum absolute atomic E-state index is 9.69. The van der Waals surface area contributed by atoms with E-state index < -0.39 is 0 Å². The molecule has 0 amide bonds. The summed E-state index contributed by atoms with van der Waals surface area (Å²) in [5.74, 6) is 0.803. The molecule has 0 N–H and O–H groups in total. The lowest BCUT2D eigenvalue weighted by molar-refractivity contribution is 1.08. The first-order valence-corrected chi connectivity index (χ1v) is 19.8. The summed E-state index contributed by atoms with van der Waals surface area (Å²) < 4.78 is 59.3. The first-order chi connectivity index (χ1) is 30.2. The topological polar surface area (TPSA) is 38.7 Å². The number of hydrogen-bond acceptors (Lipinski definition) is 5. The molecule has 0 unspecified atom stereocenters. The Morgan fingerprint density at radius 1 is 0.321 bits per heavy atom. The van der Waals surface area contributed by atoms with E-state index in [1.54, 1.807) is 11.3 Å². The molecule has 11 aromatic rings. The molecule has 0 aliphatic heterocycles. The van der Waals surface area contributed by atoms with Gasteiger partial charge in [0.1, 0.15) is 0 Å². The lowest BCUT2D eigenvalue weighted by Gasteiger charge is -2.10. The van der Waals surface area contributed by atoms with Crippen molar-refractivity contribution in [2.24, 2.45) is 0 Å². The van der Waals surface area contributed by atoms with Crippen molar-refractivity contribution in [2.75, 3.05) is 0 Å². The molecule has 8 aromatic carbocycles. The third-order valence-corrected chi connectivity index (χ3v) is 12.2. The number of nitrogens with zero attached hydrogens (tertiary/aromatic N) is 3. The molecule has 0 atom stereocenters. The average molecular weight is 756 g/mol. The van der Waals surface area contributed by atoms with E-state index in [2.05, 4.69) is 30.3 Å². The van der Waals surface area contributed by atoms with E-state index in [0.717, 1.165) is 59.3 Å². The molecule has 3 aromatic heterocycles. The fourth-order valence-electron chi connectivity index (χ4n) is 7.25. The fraction of sp³-hybridized carbons (Fsp3) is 0. The highest BCUT2D eigenvalue weighted by Crippen LogP contribution is 2.41. The summed E-state index contributed by atoms with van der Waals surface area (Å²) in [6, 6.07) is 49.0. The highest BCUT2D eigenvalue weighted by atomic mass is 32.1. The monoisotopic (exact) mass is 755 g/mol. The second-order valence-corrected chi connectivity index (χ2v) is 15.6. The molecule has 0 bridgehead atoms. The van der Waals surface area contributed by atoms with Crippen LogP contribution in [-0.2, 0) is 0 Å². The quantitative estimate of drug-likeness (QED) is 0.170. The van der Waals surface area contributed by atoms with Gasteiger partial charge in [0.15, 0.2) is 17.5 Å². The van der Waals surface area contributed by atoms with Crippen LogP contribution in [0.2, 0.25) is 0 Å². The minimum Gasteiger partial charge on any atom is -0.208 e. The summed E-state index contributed by atoms with van der Waals surface area (Å²) in [5.41, 5.74) is 6.54. The van der Waals surface area contributed by atoms with Gasteiger partial charge in [0.25, 0.3) is 0 Å². The van der Waals surface area contributed by atoms with Gasteiger partial charge < -0.3 is 0 Å². The third-order valence-electron chi connectivity index (χ3n) is 10.0. The molecule has 262 valence electrons. The molecule has 0 spiro atoms. The largest absolute Gasteiger partial charge is 0.208 e. The average Bonchev–Trinajstić information content (AvgIpc) is 3.92. The first kappa shape index (κ1) is 26.9. The minimum atomic E-state index is -0.265. The Balaban J connectivity index is 1.12. The van der Waals surface area contributed by atoms with Gasteiger partial charge in [-0.3, -0.25) is 0 Å². The summed E-state index contributed by atoms with van der Waals surface area (Å²) >= 11 is 2.78. The molecule has 0 aliphatic rings. The van der Waals surface area contributed by atoms with E-state index in [1.165, 1.54) is 0 Å². The molecule has 0 radical (unpaired) electrons. The van der Waals surface area contributed by atoms with Gasteiger partial charge in [-0.05, 0) is 63.6 Å². The lowest BCUT2D eigenvalue weighted by Crippen LogP contribution is -2.00. The van der Waals surface area contributed by atoms with E-state index in [0.29, 0.717) is 37.6 Å². The molecular formula is C51H31N3S2. The minimum absolute atomic E-state index is 0.0143. The normalized spacial score (nSPS) is 13.1. The van der Waals surface area contributed by atoms with Crippen molar-refractivity contribution >= 4 is 63.0 Å². The van der Waals surface area contributed by atoms with Crippen LogP contribution in [0.3, 0.4) is 0 Å². The Morgan fingerprint density at radius 2 is 0.857 bits per heavy atom. The van der Waals surface area contributed by atoms with Gasteiger partial charge in [-0.25, -0.2) is 15.0 Å². The smallest absolute Gasteiger partial charge is 0.164 e. The van der Waals surface area contributed by atoms with Crippen LogP contribution in [0.1, 0.15) is 8.22 Å². The summed E-state index contributed by atoms with van der Waals surface area (Å²) in [5, 5.41) is 2.60. The fourth-order valence-corrected chi connectivity index (χ4v) is 9.35. The molecule has 0 saturated carbocycles. The van der Waals surface area contributed by atoms with E-state index >= 15 is 0 Å². The van der Waals surface area contributed by atoms with E-state index in [9.17, 15) is 5.48 Å². The first-order valence-electron chi connectivity index (χ1n) is 21.2. The van der Waals surface area contributed by atoms with E-state index in [1.807, 2.05) is 121 Å². The van der Waals surface area contributed by atoms with Crippen molar-refractivity contribution in [1.82, 2.24) is 15.0 Å². The summed E-state index contributed by atoms with van der Waals surface area (Å²) in [6.45, 7) is 0. The molecule has 56 heavy (non-hydrogen) atoms. The maximum Gasteiger partial charge on any atom is 0.164 e. The number of fused-ring (bicyclic) bond motifs is 6. The van der Waals surface area contributed by atoms with E-state index in [4.69, 9.17) is 17.7 Å². The summed E-state index contributed by atoms with van der Waals surface area (Å²) in [4.78, 5) is 15.0. The zero-order chi connectivity index (χ0) is 42.2. The highest BCUT2D eigenvalue weighted by molar-refractivity contribution is 7.26. The SMILES string of the molecule is [2H]c1c(-c2ccc(-c3ccccc3)cc2)c([2H])c2c(sc3c([2H])c(-c4nc(-c5ccc(-c6ccccc6)cc5)nc(-c5cccc6sc7ccccc7c56)n4)c([2H])c([2H])c32)c1[2H]. The third kappa shape index (κ3) is 5.77. The van der Waals surface area contributed by atoms with Crippen LogP contribution in [0, 0.1) is 0 Å². The van der Waals surface area contributed by atoms with Gasteiger partial charge in [-0.2, -0.15) is 0 Å². The van der Waals surface area contributed by atoms with E-state index in [-0.39, 0.29) is 58.6 Å². The van der Waals surface area contributed by atoms with Gasteiger partial charge in [0, 0.05) is 57.0 Å². The van der Waals surface area contributed by atoms with Gasteiger partial charge in [0.2, 0.25) is 0 Å². The Labute approximate surface area is 340 Å². The van der Waals surface area contributed by atoms with Gasteiger partial charge in [0.05, 0.1) is 8.22 Å². The molecular weight excluding hydrogens is 719 g/mol. The Hall–Kier alpha value is -6.79. The molecule has 3 heterocycles. The number of hydrogen-bond donors (Lipinski definition) is 0. The van der Waals surface area contributed by atoms with Crippen molar-refractivity contribution < 1.29 is 8.22 Å². The van der Waals surface area contributed by atoms with Crippen molar-refractivity contribution in [1.29, 1.82) is 0 Å². The van der Waals surface area contributed by atoms with Gasteiger partial charge in [-0.1, -0.05) is 158 Å². The second kappa shape index (κ2) is 13.5. The number of aromatic nitrogens is 3. The van der Waals surface area contributed by atoms with Crippen LogP contribution in [-0.4, -0.2) is 15.0 Å². The zero-order valence-electron chi connectivity index (χ0n) is 35.6. The van der Waals surface area contributed by atoms with Crippen LogP contribution in [0.25, 0.3) is 108 Å². The van der Waals surface area contributed by atoms with Crippen molar-refractivity contribution in [2.45, 2.75) is 0 Å². The summed E-state index contributed by atoms with van der Waals surface area (Å²) in [6.07, 6.45) is 0. The predicted octanol–water partition coefficient (Wildman–Crippen LogP) is 14.6. The van der Waals surface area contributed by atoms with Crippen molar-refractivity contribution in [3.63, 3.8) is 0 Å². The molecule has 5 heteroatoms. The predicted molar refractivity (Wildman–Crippen MR) is 238 cm³/mol. The zero-order valence-corrected chi connectivity index (χ0v) is 31.2. The Kier molecular flexibility index (Phi) is 6.48. The second-order valence-electron chi connectivity index (χ2n) is 13.5. The molecule has 0 aliphatic carbocycles. The Bertz CT molecular complexity index is 3570. The molecule has 0 fully saturated rings. The standard InChI is InChI=1S/C51H31N3S2/c1-3-10-32(11-4-1)34-18-20-36(21-19-34)38-27-29-45-43(30-38)40-28-26-39(31-47(40)56-45)50-52-49(37-24-22-35(23-25-37)33-12-5-2-6-13-33)53-51(54-50)42-15-9-17-46-48(42)41-14-7-8-16-44(41)55-46/h1-31H/i26D,27D,28D,29D,30D,31D. The van der Waals surface area contributed by atoms with Crippen LogP contribution in [0.5, 0.6) is 0 Å². The molecule has 3 nitrogen and oxygen atoms in total. The number of rotatable bonds is 6. The molecule has 0 saturated heterocycles. The Morgan fingerprint density at radius 3 is 1.57 bits per heavy atom. The van der Waals surface area contributed by atoms with Gasteiger partial charge in [-0.15, -0.1) is 22.7 Å². The van der Waals surface area contributed by atoms with Crippen LogP contribution < -0.4 is 0 Å². The molecule has 11 rings (SSSR count). The van der Waals surface area contributed by atoms with Crippen molar-refractivity contribution in [3.05, 3.63) is 188 Å². The van der Waals surface area contributed by atoms with Crippen LogP contribution >= 0.6 is 22.7 Å². The van der Waals surface area contributed by atoms with Crippen molar-refractivity contribution in [3.8, 4) is 67.5 Å². The van der Waals surface area contributed by atoms with Crippen LogP contribution in [0.15, 0.2) is 188 Å². The number of thiophene rings is 2. The highest BCUT2D eigenvalue weighted by Gasteiger charge is 2.18. The maximum atomic E-state index is 9.69. The summed E-state index contributed by atoms with van der Waals surface area (Å²) in [7, 11) is 0. The lowest BCUT2D eigenvalue weighted by atomic mass is 9.99. The van der Waals surface area contributed by atoms with Crippen LogP contribution in [0.4, 0.5) is 0 Å².